The van der Waals surface area contributed by atoms with Crippen molar-refractivity contribution in [3.05, 3.63) is 234 Å². The Bertz CT molecular complexity index is 4110. The molecule has 0 radical (unpaired) electrons. The number of hydrogen-bond acceptors (Lipinski definition) is 8. The molecule has 9 heteroatoms. The molecule has 5 nitrogen and oxygen atoms in total. The predicted molar refractivity (Wildman–Crippen MR) is 299 cm³/mol. The second kappa shape index (κ2) is 17.0. The third kappa shape index (κ3) is 7.10. The van der Waals surface area contributed by atoms with Crippen molar-refractivity contribution in [3.8, 4) is 21.9 Å². The van der Waals surface area contributed by atoms with Crippen LogP contribution in [0, 0.1) is 9.75 Å². The van der Waals surface area contributed by atoms with Crippen LogP contribution in [0.2, 0.25) is 0 Å². The minimum atomic E-state index is -0.346. The molecular formula is C62H39N2O3S4+. The highest BCUT2D eigenvalue weighted by atomic mass is 32.2. The number of thiophene rings is 3. The predicted octanol–water partition coefficient (Wildman–Crippen LogP) is 15.8. The summed E-state index contributed by atoms with van der Waals surface area (Å²) in [4.78, 5) is 18.4. The first-order valence-electron chi connectivity index (χ1n) is 23.5. The molecule has 7 heterocycles. The van der Waals surface area contributed by atoms with Gasteiger partial charge in [-0.2, -0.15) is 0 Å². The van der Waals surface area contributed by atoms with E-state index in [2.05, 4.69) is 192 Å². The van der Waals surface area contributed by atoms with E-state index in [1.54, 1.807) is 22.7 Å². The molecular weight excluding hydrogens is 949 g/mol. The summed E-state index contributed by atoms with van der Waals surface area (Å²) in [7, 11) is 0. The number of nitrogens with zero attached hydrogens (tertiary/aromatic N) is 2. The van der Waals surface area contributed by atoms with Gasteiger partial charge >= 0.3 is 5.97 Å². The zero-order valence-corrected chi connectivity index (χ0v) is 41.4. The molecule has 4 aliphatic rings. The first kappa shape index (κ1) is 42.1. The molecule has 71 heavy (non-hydrogen) atoms. The van der Waals surface area contributed by atoms with E-state index in [1.165, 1.54) is 73.9 Å². The van der Waals surface area contributed by atoms with E-state index in [9.17, 15) is 4.79 Å². The van der Waals surface area contributed by atoms with Gasteiger partial charge in [-0.25, -0.2) is 4.79 Å². The fraction of sp³-hybridized carbons (Fsp3) is 0.0323. The maximum absolute atomic E-state index is 13.6. The lowest BCUT2D eigenvalue weighted by Crippen LogP contribution is -2.19. The normalized spacial score (nSPS) is 14.3. The van der Waals surface area contributed by atoms with E-state index in [4.69, 9.17) is 9.47 Å². The summed E-state index contributed by atoms with van der Waals surface area (Å²) in [5.74, 6) is 1.14. The second-order valence-corrected chi connectivity index (χ2v) is 21.9. The third-order valence-corrected chi connectivity index (χ3v) is 18.1. The van der Waals surface area contributed by atoms with Crippen LogP contribution in [0.25, 0.3) is 55.8 Å². The quantitative estimate of drug-likeness (QED) is 0.127. The standard InChI is InChI=1S/C62H39N2O3S4/c1-2-66-62(65)44-18-8-7-17-43(44)61-45-29-27-41(53-33-55-57(68-53)35-59(70-55)63-47-19-9-3-13-37(47)23-24-38-14-4-10-20-48(38)63)31-51(45)67-52-32-42(28-30-46(52)61)54-34-56-58(69-54)36-60(71-56)64-49-21-11-5-15-39(49)25-26-40-16-6-12-22-50(40)64/h3-36H,2H2,1H3/q+1. The number of fused-ring (bicyclic) bond motifs is 8. The number of carbonyl (C=O) groups excluding carboxylic acids is 1. The van der Waals surface area contributed by atoms with Crippen LogP contribution in [0.4, 0.5) is 27.8 Å². The Morgan fingerprint density at radius 1 is 0.606 bits per heavy atom. The minimum absolute atomic E-state index is 0.288. The molecule has 14 rings (SSSR count). The average Bonchev–Trinajstić information content (AvgIpc) is 4.15. The van der Waals surface area contributed by atoms with Crippen LogP contribution in [-0.2, 0) is 4.74 Å². The largest absolute Gasteiger partial charge is 0.462 e. The Morgan fingerprint density at radius 2 is 1.27 bits per heavy atom. The summed E-state index contributed by atoms with van der Waals surface area (Å²) >= 11 is 7.22. The lowest BCUT2D eigenvalue weighted by molar-refractivity contribution is 0.0526. The number of ether oxygens (including phenoxy) is 2. The zero-order chi connectivity index (χ0) is 47.2. The van der Waals surface area contributed by atoms with Crippen molar-refractivity contribution in [2.75, 3.05) is 11.5 Å². The van der Waals surface area contributed by atoms with Crippen LogP contribution in [0.3, 0.4) is 0 Å². The molecule has 3 aromatic heterocycles. The van der Waals surface area contributed by atoms with Gasteiger partial charge in [0.2, 0.25) is 11.4 Å². The molecule has 338 valence electrons. The van der Waals surface area contributed by atoms with Crippen molar-refractivity contribution in [2.24, 2.45) is 0 Å². The number of thioether (sulfide) groups is 1. The molecule has 0 amide bonds. The van der Waals surface area contributed by atoms with Gasteiger partial charge in [0.15, 0.2) is 0 Å². The molecule has 0 saturated heterocycles. The summed E-state index contributed by atoms with van der Waals surface area (Å²) in [5, 5.41) is 4.36. The second-order valence-electron chi connectivity index (χ2n) is 17.6. The van der Waals surface area contributed by atoms with Gasteiger partial charge < -0.3 is 14.4 Å². The van der Waals surface area contributed by atoms with E-state index >= 15 is 0 Å². The maximum atomic E-state index is 13.6. The minimum Gasteiger partial charge on any atom is -0.462 e. The van der Waals surface area contributed by atoms with Crippen molar-refractivity contribution in [1.82, 2.24) is 4.58 Å². The van der Waals surface area contributed by atoms with Gasteiger partial charge in [-0.15, -0.1) is 38.6 Å². The summed E-state index contributed by atoms with van der Waals surface area (Å²) in [5.41, 5.74) is 13.7. The van der Waals surface area contributed by atoms with Gasteiger partial charge in [0.1, 0.15) is 16.5 Å². The molecule has 0 fully saturated rings. The van der Waals surface area contributed by atoms with Gasteiger partial charge in [-0.3, -0.25) is 0 Å². The summed E-state index contributed by atoms with van der Waals surface area (Å²) in [6.45, 7) is 2.13. The van der Waals surface area contributed by atoms with E-state index in [0.717, 1.165) is 53.6 Å². The monoisotopic (exact) mass is 987 g/mol. The lowest BCUT2D eigenvalue weighted by Gasteiger charge is -2.25. The first-order valence-corrected chi connectivity index (χ1v) is 26.8. The number of para-hydroxylation sites is 4. The van der Waals surface area contributed by atoms with Crippen molar-refractivity contribution >= 4 is 130 Å². The van der Waals surface area contributed by atoms with E-state index in [-0.39, 0.29) is 12.6 Å². The number of benzene rings is 7. The molecule has 4 aliphatic heterocycles. The van der Waals surface area contributed by atoms with Gasteiger partial charge in [0.25, 0.3) is 5.04 Å². The fourth-order valence-electron chi connectivity index (χ4n) is 10.1. The maximum Gasteiger partial charge on any atom is 0.338 e. The van der Waals surface area contributed by atoms with Crippen LogP contribution in [0.1, 0.15) is 50.7 Å². The number of anilines is 3. The number of esters is 1. The molecule has 0 spiro atoms. The molecule has 0 bridgehead atoms. The highest BCUT2D eigenvalue weighted by molar-refractivity contribution is 8.15. The summed E-state index contributed by atoms with van der Waals surface area (Å²) in [6.07, 6.45) is 11.2. The average molecular weight is 988 g/mol. The molecule has 0 unspecified atom stereocenters. The molecule has 0 aliphatic carbocycles. The van der Waals surface area contributed by atoms with Crippen LogP contribution < -0.4 is 24.0 Å². The molecule has 0 atom stereocenters. The third-order valence-electron chi connectivity index (χ3n) is 13.4. The zero-order valence-electron chi connectivity index (χ0n) is 38.1. The van der Waals surface area contributed by atoms with Gasteiger partial charge in [-0.05, 0) is 131 Å². The van der Waals surface area contributed by atoms with Crippen molar-refractivity contribution < 1.29 is 14.3 Å². The van der Waals surface area contributed by atoms with Crippen molar-refractivity contribution in [1.29, 1.82) is 0 Å². The Kier molecular flexibility index (Phi) is 10.1. The van der Waals surface area contributed by atoms with Crippen LogP contribution >= 0.6 is 45.8 Å². The number of hydrogen-bond donors (Lipinski definition) is 0. The highest BCUT2D eigenvalue weighted by Gasteiger charge is 2.31. The topological polar surface area (TPSA) is 41.8 Å². The first-order chi connectivity index (χ1) is 35.0. The van der Waals surface area contributed by atoms with Crippen molar-refractivity contribution in [3.63, 3.8) is 0 Å². The van der Waals surface area contributed by atoms with Gasteiger partial charge in [0.05, 0.1) is 23.5 Å². The van der Waals surface area contributed by atoms with Gasteiger partial charge in [-0.1, -0.05) is 103 Å². The summed E-state index contributed by atoms with van der Waals surface area (Å²) < 4.78 is 19.9. The SMILES string of the molecule is CCOC(=O)c1ccccc1C1=c2cc/c(=c3/cc4c(s3)=CC(=[N+]3c5ccccc5C=Cc5ccccc53)S4)cc2Oc2cc(-c3cc4sc(N5c6ccccc6C=Cc6ccccc65)cc4s3)ccc21. The Morgan fingerprint density at radius 3 is 1.99 bits per heavy atom. The number of rotatable bonds is 5. The van der Waals surface area contributed by atoms with Gasteiger partial charge in [0, 0.05) is 73.9 Å². The lowest BCUT2D eigenvalue weighted by atomic mass is 9.89. The smallest absolute Gasteiger partial charge is 0.338 e. The molecule has 7 aromatic carbocycles. The highest BCUT2D eigenvalue weighted by Crippen LogP contribution is 2.50. The Labute approximate surface area is 425 Å². The fourth-order valence-corrected chi connectivity index (χ4v) is 15.0. The summed E-state index contributed by atoms with van der Waals surface area (Å²) in [6, 6.07) is 62.2. The molecule has 0 N–H and O–H groups in total. The molecule has 0 saturated carbocycles. The van der Waals surface area contributed by atoms with E-state index in [0.29, 0.717) is 5.56 Å². The van der Waals surface area contributed by atoms with Crippen LogP contribution in [0.15, 0.2) is 181 Å². The van der Waals surface area contributed by atoms with Crippen molar-refractivity contribution in [2.45, 2.75) is 11.8 Å². The number of carbonyl (C=O) groups is 1. The Balaban J connectivity index is 0.879. The Hall–Kier alpha value is -7.79. The van der Waals surface area contributed by atoms with Crippen LogP contribution in [0.5, 0.6) is 11.5 Å². The van der Waals surface area contributed by atoms with Crippen LogP contribution in [-0.4, -0.2) is 17.6 Å². The molecule has 10 aromatic rings. The van der Waals surface area contributed by atoms with E-state index < -0.39 is 0 Å². The van der Waals surface area contributed by atoms with E-state index in [1.807, 2.05) is 54.3 Å².